The molecule has 0 saturated heterocycles. The molecule has 0 unspecified atom stereocenters. The van der Waals surface area contributed by atoms with E-state index in [1.807, 2.05) is 24.3 Å². The Morgan fingerprint density at radius 3 is 1.45 bits per heavy atom. The van der Waals surface area contributed by atoms with Gasteiger partial charge < -0.3 is 9.47 Å². The van der Waals surface area contributed by atoms with E-state index in [9.17, 15) is 9.59 Å². The summed E-state index contributed by atoms with van der Waals surface area (Å²) < 4.78 is 9.52. The lowest BCUT2D eigenvalue weighted by Gasteiger charge is -2.05. The van der Waals surface area contributed by atoms with Crippen LogP contribution in [-0.2, 0) is 9.47 Å². The number of methoxy groups -OCH3 is 2. The summed E-state index contributed by atoms with van der Waals surface area (Å²) in [7, 11) is 2.69. The van der Waals surface area contributed by atoms with Crippen LogP contribution in [0.5, 0.6) is 0 Å². The van der Waals surface area contributed by atoms with Gasteiger partial charge in [0.05, 0.1) is 25.3 Å². The molecule has 4 heteroatoms. The Bertz CT molecular complexity index is 655. The van der Waals surface area contributed by atoms with Crippen molar-refractivity contribution in [2.45, 2.75) is 0 Å². The average molecular weight is 296 g/mol. The Hall–Kier alpha value is -2.88. The van der Waals surface area contributed by atoms with Gasteiger partial charge in [-0.3, -0.25) is 0 Å². The van der Waals surface area contributed by atoms with Crippen molar-refractivity contribution in [3.63, 3.8) is 0 Å². The van der Waals surface area contributed by atoms with Crippen molar-refractivity contribution < 1.29 is 19.1 Å². The molecule has 0 aliphatic heterocycles. The van der Waals surface area contributed by atoms with Crippen LogP contribution in [0, 0.1) is 0 Å². The molecular weight excluding hydrogens is 280 g/mol. The molecule has 2 aromatic rings. The Balaban J connectivity index is 2.38. The quantitative estimate of drug-likeness (QED) is 0.640. The van der Waals surface area contributed by atoms with Gasteiger partial charge in [0.1, 0.15) is 0 Å². The fourth-order valence-electron chi connectivity index (χ4n) is 2.06. The zero-order valence-corrected chi connectivity index (χ0v) is 12.4. The summed E-state index contributed by atoms with van der Waals surface area (Å²) in [5.41, 5.74) is 2.37. The molecule has 0 heterocycles. The number of hydrogen-bond donors (Lipinski definition) is 0. The second kappa shape index (κ2) is 7.22. The smallest absolute Gasteiger partial charge is 0.338 e. The van der Waals surface area contributed by atoms with E-state index in [1.165, 1.54) is 14.2 Å². The van der Waals surface area contributed by atoms with Gasteiger partial charge in [0.15, 0.2) is 0 Å². The van der Waals surface area contributed by atoms with E-state index in [-0.39, 0.29) is 0 Å². The Morgan fingerprint density at radius 1 is 0.727 bits per heavy atom. The molecule has 0 fully saturated rings. The van der Waals surface area contributed by atoms with Crippen LogP contribution >= 0.6 is 0 Å². The normalized spacial score (nSPS) is 10.5. The highest BCUT2D eigenvalue weighted by molar-refractivity contribution is 5.97. The maximum Gasteiger partial charge on any atom is 0.338 e. The second-order valence-electron chi connectivity index (χ2n) is 4.49. The second-order valence-corrected chi connectivity index (χ2v) is 4.49. The van der Waals surface area contributed by atoms with Crippen LogP contribution in [0.25, 0.3) is 12.2 Å². The van der Waals surface area contributed by atoms with Gasteiger partial charge in [0, 0.05) is 0 Å². The van der Waals surface area contributed by atoms with Crippen LogP contribution in [0.1, 0.15) is 31.8 Å². The number of carbonyl (C=O) groups excluding carboxylic acids is 2. The zero-order valence-electron chi connectivity index (χ0n) is 12.4. The van der Waals surface area contributed by atoms with Crippen LogP contribution in [-0.4, -0.2) is 26.2 Å². The van der Waals surface area contributed by atoms with Crippen molar-refractivity contribution in [3.05, 3.63) is 70.8 Å². The third-order valence-electron chi connectivity index (χ3n) is 3.17. The Morgan fingerprint density at radius 2 is 1.09 bits per heavy atom. The van der Waals surface area contributed by atoms with Gasteiger partial charge in [-0.2, -0.15) is 0 Å². The number of esters is 2. The van der Waals surface area contributed by atoms with Gasteiger partial charge in [-0.1, -0.05) is 48.6 Å². The van der Waals surface area contributed by atoms with Crippen molar-refractivity contribution in [2.24, 2.45) is 0 Å². The van der Waals surface area contributed by atoms with E-state index in [0.717, 1.165) is 0 Å². The van der Waals surface area contributed by atoms with Crippen molar-refractivity contribution in [1.29, 1.82) is 0 Å². The first-order chi connectivity index (χ1) is 10.7. The predicted molar refractivity (Wildman–Crippen MR) is 84.5 cm³/mol. The van der Waals surface area contributed by atoms with Crippen molar-refractivity contribution >= 4 is 24.1 Å². The van der Waals surface area contributed by atoms with Gasteiger partial charge in [-0.05, 0) is 23.3 Å². The molecule has 0 saturated carbocycles. The lowest BCUT2D eigenvalue weighted by atomic mass is 10.0. The van der Waals surface area contributed by atoms with E-state index in [2.05, 4.69) is 0 Å². The molecule has 0 spiro atoms. The minimum atomic E-state index is -0.401. The molecule has 0 atom stereocenters. The fraction of sp³-hybridized carbons (Fsp3) is 0.111. The van der Waals surface area contributed by atoms with E-state index in [1.54, 1.807) is 36.4 Å². The van der Waals surface area contributed by atoms with Gasteiger partial charge >= 0.3 is 11.9 Å². The summed E-state index contributed by atoms with van der Waals surface area (Å²) in [5, 5.41) is 0. The van der Waals surface area contributed by atoms with Crippen LogP contribution in [0.3, 0.4) is 0 Å². The molecule has 0 bridgehead atoms. The maximum atomic E-state index is 11.7. The van der Waals surface area contributed by atoms with Gasteiger partial charge in [-0.25, -0.2) is 9.59 Å². The third kappa shape index (κ3) is 3.41. The summed E-state index contributed by atoms with van der Waals surface area (Å²) in [4.78, 5) is 23.5. The van der Waals surface area contributed by atoms with Crippen LogP contribution in [0.15, 0.2) is 48.5 Å². The molecule has 0 N–H and O–H groups in total. The first-order valence-corrected chi connectivity index (χ1v) is 6.70. The minimum Gasteiger partial charge on any atom is -0.465 e. The van der Waals surface area contributed by atoms with Crippen molar-refractivity contribution in [1.82, 2.24) is 0 Å². The molecule has 4 nitrogen and oxygen atoms in total. The predicted octanol–water partition coefficient (Wildman–Crippen LogP) is 3.43. The van der Waals surface area contributed by atoms with Crippen LogP contribution in [0.4, 0.5) is 0 Å². The van der Waals surface area contributed by atoms with E-state index in [0.29, 0.717) is 22.3 Å². The summed E-state index contributed by atoms with van der Waals surface area (Å²) in [6, 6.07) is 14.2. The molecule has 0 aromatic heterocycles. The maximum absolute atomic E-state index is 11.7. The SMILES string of the molecule is COC(=O)c1ccccc1C=Cc1ccccc1C(=O)OC. The molecule has 22 heavy (non-hydrogen) atoms. The van der Waals surface area contributed by atoms with E-state index in [4.69, 9.17) is 9.47 Å². The molecule has 0 amide bonds. The summed E-state index contributed by atoms with van der Waals surface area (Å²) in [6.07, 6.45) is 3.54. The minimum absolute atomic E-state index is 0.401. The molecule has 0 aliphatic rings. The largest absolute Gasteiger partial charge is 0.465 e. The molecule has 0 aliphatic carbocycles. The monoisotopic (exact) mass is 296 g/mol. The molecule has 2 rings (SSSR count). The molecular formula is C18H16O4. The van der Waals surface area contributed by atoms with Crippen molar-refractivity contribution in [2.75, 3.05) is 14.2 Å². The summed E-state index contributed by atoms with van der Waals surface area (Å²) >= 11 is 0. The molecule has 112 valence electrons. The van der Waals surface area contributed by atoms with Crippen molar-refractivity contribution in [3.8, 4) is 0 Å². The van der Waals surface area contributed by atoms with Gasteiger partial charge in [-0.15, -0.1) is 0 Å². The number of ether oxygens (including phenoxy) is 2. The zero-order chi connectivity index (χ0) is 15.9. The van der Waals surface area contributed by atoms with E-state index >= 15 is 0 Å². The first-order valence-electron chi connectivity index (χ1n) is 6.70. The summed E-state index contributed by atoms with van der Waals surface area (Å²) in [5.74, 6) is -0.803. The Labute approximate surface area is 129 Å². The van der Waals surface area contributed by atoms with E-state index < -0.39 is 11.9 Å². The Kier molecular flexibility index (Phi) is 5.09. The number of rotatable bonds is 4. The topological polar surface area (TPSA) is 52.6 Å². The standard InChI is InChI=1S/C18H16O4/c1-21-17(19)15-9-5-3-7-13(15)11-12-14-8-4-6-10-16(14)18(20)22-2/h3-12H,1-2H3. The fourth-order valence-corrected chi connectivity index (χ4v) is 2.06. The third-order valence-corrected chi connectivity index (χ3v) is 3.17. The number of benzene rings is 2. The highest BCUT2D eigenvalue weighted by Gasteiger charge is 2.10. The highest BCUT2D eigenvalue weighted by atomic mass is 16.5. The molecule has 0 radical (unpaired) electrons. The highest BCUT2D eigenvalue weighted by Crippen LogP contribution is 2.17. The number of carbonyl (C=O) groups is 2. The number of hydrogen-bond acceptors (Lipinski definition) is 4. The average Bonchev–Trinajstić information content (AvgIpc) is 2.59. The van der Waals surface area contributed by atoms with Crippen LogP contribution in [0.2, 0.25) is 0 Å². The van der Waals surface area contributed by atoms with Crippen LogP contribution < -0.4 is 0 Å². The van der Waals surface area contributed by atoms with Gasteiger partial charge in [0.25, 0.3) is 0 Å². The lowest BCUT2D eigenvalue weighted by molar-refractivity contribution is 0.0591. The summed E-state index contributed by atoms with van der Waals surface area (Å²) in [6.45, 7) is 0. The van der Waals surface area contributed by atoms with Gasteiger partial charge in [0.2, 0.25) is 0 Å². The molecule has 2 aromatic carbocycles. The first kappa shape index (κ1) is 15.5. The lowest BCUT2D eigenvalue weighted by Crippen LogP contribution is -2.04.